The SMILES string of the molecule is NCCCC(=O)OCCSSc1ccccn1. The van der Waals surface area contributed by atoms with Crippen LogP contribution >= 0.6 is 21.6 Å². The molecule has 0 spiro atoms. The number of rotatable bonds is 8. The van der Waals surface area contributed by atoms with Crippen LogP contribution in [-0.4, -0.2) is 29.9 Å². The van der Waals surface area contributed by atoms with Gasteiger partial charge in [-0.1, -0.05) is 16.9 Å². The third kappa shape index (κ3) is 7.25. The van der Waals surface area contributed by atoms with Crippen molar-refractivity contribution in [2.75, 3.05) is 18.9 Å². The Balaban J connectivity index is 1.99. The molecule has 0 unspecified atom stereocenters. The molecule has 0 saturated carbocycles. The van der Waals surface area contributed by atoms with Gasteiger partial charge in [0.15, 0.2) is 0 Å². The molecule has 0 amide bonds. The van der Waals surface area contributed by atoms with E-state index in [4.69, 9.17) is 10.5 Å². The summed E-state index contributed by atoms with van der Waals surface area (Å²) in [6, 6.07) is 5.78. The fourth-order valence-corrected chi connectivity index (χ4v) is 2.71. The van der Waals surface area contributed by atoms with E-state index in [-0.39, 0.29) is 5.97 Å². The zero-order valence-electron chi connectivity index (χ0n) is 9.50. The van der Waals surface area contributed by atoms with E-state index in [9.17, 15) is 4.79 Å². The van der Waals surface area contributed by atoms with Crippen LogP contribution in [0.2, 0.25) is 0 Å². The van der Waals surface area contributed by atoms with Gasteiger partial charge in [0.1, 0.15) is 11.6 Å². The quantitative estimate of drug-likeness (QED) is 0.444. The maximum atomic E-state index is 11.1. The first kappa shape index (κ1) is 14.3. The van der Waals surface area contributed by atoms with Crippen molar-refractivity contribution >= 4 is 27.6 Å². The first-order chi connectivity index (χ1) is 8.33. The first-order valence-electron chi connectivity index (χ1n) is 5.39. The standard InChI is InChI=1S/C11H16N2O2S2/c12-6-3-5-11(14)15-8-9-16-17-10-4-1-2-7-13-10/h1-2,4,7H,3,5-6,8-9,12H2. The van der Waals surface area contributed by atoms with E-state index in [2.05, 4.69) is 4.98 Å². The number of carbonyl (C=O) groups excluding carboxylic acids is 1. The monoisotopic (exact) mass is 272 g/mol. The largest absolute Gasteiger partial charge is 0.465 e. The highest BCUT2D eigenvalue weighted by atomic mass is 33.1. The van der Waals surface area contributed by atoms with Gasteiger partial charge >= 0.3 is 5.97 Å². The molecule has 0 fully saturated rings. The zero-order valence-corrected chi connectivity index (χ0v) is 11.1. The summed E-state index contributed by atoms with van der Waals surface area (Å²) in [4.78, 5) is 15.3. The van der Waals surface area contributed by atoms with E-state index < -0.39 is 0 Å². The van der Waals surface area contributed by atoms with Crippen molar-refractivity contribution in [2.24, 2.45) is 5.73 Å². The number of hydrogen-bond acceptors (Lipinski definition) is 6. The molecule has 4 nitrogen and oxygen atoms in total. The van der Waals surface area contributed by atoms with Crippen LogP contribution in [0.4, 0.5) is 0 Å². The summed E-state index contributed by atoms with van der Waals surface area (Å²) in [7, 11) is 3.21. The molecule has 1 rings (SSSR count). The lowest BCUT2D eigenvalue weighted by Crippen LogP contribution is -2.09. The highest BCUT2D eigenvalue weighted by Crippen LogP contribution is 2.28. The van der Waals surface area contributed by atoms with E-state index in [1.54, 1.807) is 27.8 Å². The molecule has 0 aliphatic carbocycles. The second kappa shape index (κ2) is 9.32. The smallest absolute Gasteiger partial charge is 0.305 e. The second-order valence-electron chi connectivity index (χ2n) is 3.19. The number of esters is 1. The van der Waals surface area contributed by atoms with Gasteiger partial charge in [-0.25, -0.2) is 4.98 Å². The summed E-state index contributed by atoms with van der Waals surface area (Å²) in [5, 5.41) is 0.965. The van der Waals surface area contributed by atoms with Gasteiger partial charge in [0.2, 0.25) is 0 Å². The Kier molecular flexibility index (Phi) is 7.87. The Bertz CT molecular complexity index is 323. The lowest BCUT2D eigenvalue weighted by atomic mass is 10.3. The average molecular weight is 272 g/mol. The summed E-state index contributed by atoms with van der Waals surface area (Å²) in [5.74, 6) is 0.592. The maximum absolute atomic E-state index is 11.1. The fraction of sp³-hybridized carbons (Fsp3) is 0.455. The van der Waals surface area contributed by atoms with E-state index >= 15 is 0 Å². The molecule has 6 heteroatoms. The topological polar surface area (TPSA) is 65.2 Å². The minimum absolute atomic E-state index is 0.168. The molecule has 0 aliphatic heterocycles. The van der Waals surface area contributed by atoms with Crippen LogP contribution in [0.1, 0.15) is 12.8 Å². The third-order valence-corrected chi connectivity index (χ3v) is 4.03. The molecule has 1 heterocycles. The Hall–Kier alpha value is -0.720. The second-order valence-corrected chi connectivity index (χ2v) is 5.62. The van der Waals surface area contributed by atoms with Crippen molar-refractivity contribution in [3.05, 3.63) is 24.4 Å². The summed E-state index contributed by atoms with van der Waals surface area (Å²) in [5.41, 5.74) is 5.30. The van der Waals surface area contributed by atoms with Gasteiger partial charge in [-0.15, -0.1) is 0 Å². The molecule has 1 aromatic rings. The van der Waals surface area contributed by atoms with Crippen LogP contribution in [-0.2, 0) is 9.53 Å². The Labute approximate surface area is 109 Å². The van der Waals surface area contributed by atoms with Crippen LogP contribution in [0.25, 0.3) is 0 Å². The number of aromatic nitrogens is 1. The lowest BCUT2D eigenvalue weighted by Gasteiger charge is -2.03. The van der Waals surface area contributed by atoms with Crippen molar-refractivity contribution in [1.29, 1.82) is 0 Å². The Morgan fingerprint density at radius 3 is 3.06 bits per heavy atom. The minimum atomic E-state index is -0.168. The van der Waals surface area contributed by atoms with Crippen molar-refractivity contribution in [1.82, 2.24) is 4.98 Å². The number of carbonyl (C=O) groups is 1. The Morgan fingerprint density at radius 1 is 1.47 bits per heavy atom. The number of hydrogen-bond donors (Lipinski definition) is 1. The molecule has 0 bridgehead atoms. The molecule has 2 N–H and O–H groups in total. The van der Waals surface area contributed by atoms with Crippen molar-refractivity contribution < 1.29 is 9.53 Å². The van der Waals surface area contributed by atoms with Crippen molar-refractivity contribution in [3.8, 4) is 0 Å². The molecular weight excluding hydrogens is 256 g/mol. The van der Waals surface area contributed by atoms with E-state index in [1.165, 1.54) is 0 Å². The molecule has 0 aromatic carbocycles. The zero-order chi connectivity index (χ0) is 12.3. The number of nitrogens with zero attached hydrogens (tertiary/aromatic N) is 1. The first-order valence-corrected chi connectivity index (χ1v) is 7.71. The highest BCUT2D eigenvalue weighted by Gasteiger charge is 2.01. The fourth-order valence-electron chi connectivity index (χ4n) is 1.01. The van der Waals surface area contributed by atoms with Gasteiger partial charge in [-0.2, -0.15) is 0 Å². The molecule has 0 radical (unpaired) electrons. The molecule has 94 valence electrons. The van der Waals surface area contributed by atoms with Crippen molar-refractivity contribution in [2.45, 2.75) is 17.9 Å². The van der Waals surface area contributed by atoms with Crippen LogP contribution < -0.4 is 5.73 Å². The number of pyridine rings is 1. The van der Waals surface area contributed by atoms with Gasteiger partial charge in [0.05, 0.1) is 0 Å². The van der Waals surface area contributed by atoms with Crippen LogP contribution in [0.5, 0.6) is 0 Å². The lowest BCUT2D eigenvalue weighted by molar-refractivity contribution is -0.143. The predicted molar refractivity (Wildman–Crippen MR) is 71.8 cm³/mol. The third-order valence-electron chi connectivity index (χ3n) is 1.80. The summed E-state index contributed by atoms with van der Waals surface area (Å²) in [6.45, 7) is 0.966. The van der Waals surface area contributed by atoms with Gasteiger partial charge in [0, 0.05) is 18.4 Å². The van der Waals surface area contributed by atoms with Gasteiger partial charge in [-0.3, -0.25) is 4.79 Å². The average Bonchev–Trinajstić information content (AvgIpc) is 2.37. The summed E-state index contributed by atoms with van der Waals surface area (Å²) in [6.07, 6.45) is 2.86. The molecule has 1 aromatic heterocycles. The van der Waals surface area contributed by atoms with Crippen LogP contribution in [0, 0.1) is 0 Å². The summed E-state index contributed by atoms with van der Waals surface area (Å²) >= 11 is 0. The Morgan fingerprint density at radius 2 is 2.35 bits per heavy atom. The summed E-state index contributed by atoms with van der Waals surface area (Å²) < 4.78 is 5.03. The van der Waals surface area contributed by atoms with Gasteiger partial charge in [0.25, 0.3) is 0 Å². The minimum Gasteiger partial charge on any atom is -0.465 e. The molecule has 0 atom stereocenters. The highest BCUT2D eigenvalue weighted by molar-refractivity contribution is 8.76. The maximum Gasteiger partial charge on any atom is 0.305 e. The van der Waals surface area contributed by atoms with Gasteiger partial charge < -0.3 is 10.5 Å². The molecule has 0 aliphatic rings. The molecule has 17 heavy (non-hydrogen) atoms. The predicted octanol–water partition coefficient (Wildman–Crippen LogP) is 2.10. The van der Waals surface area contributed by atoms with E-state index in [0.29, 0.717) is 26.0 Å². The van der Waals surface area contributed by atoms with E-state index in [0.717, 1.165) is 10.8 Å². The number of nitrogens with two attached hydrogens (primary N) is 1. The van der Waals surface area contributed by atoms with Crippen molar-refractivity contribution in [3.63, 3.8) is 0 Å². The molecule has 0 saturated heterocycles. The van der Waals surface area contributed by atoms with E-state index in [1.807, 2.05) is 18.2 Å². The van der Waals surface area contributed by atoms with Crippen LogP contribution in [0.15, 0.2) is 29.4 Å². The van der Waals surface area contributed by atoms with Gasteiger partial charge in [-0.05, 0) is 35.9 Å². The molecular formula is C11H16N2O2S2. The number of ether oxygens (including phenoxy) is 1. The normalized spacial score (nSPS) is 10.2. The van der Waals surface area contributed by atoms with Crippen LogP contribution in [0.3, 0.4) is 0 Å².